The van der Waals surface area contributed by atoms with E-state index in [2.05, 4.69) is 0 Å². The molecule has 0 spiro atoms. The SMILES string of the molecule is COc1ccc(C(C=O)c2ccccc2)cc1OC1CCCC1. The monoisotopic (exact) mass is 310 g/mol. The Morgan fingerprint density at radius 1 is 1.00 bits per heavy atom. The van der Waals surface area contributed by atoms with Crippen LogP contribution in [0.4, 0.5) is 0 Å². The van der Waals surface area contributed by atoms with Crippen LogP contribution in [0.5, 0.6) is 11.5 Å². The molecule has 1 saturated carbocycles. The van der Waals surface area contributed by atoms with Gasteiger partial charge in [-0.15, -0.1) is 0 Å². The van der Waals surface area contributed by atoms with Crippen molar-refractivity contribution in [1.29, 1.82) is 0 Å². The van der Waals surface area contributed by atoms with E-state index in [1.54, 1.807) is 7.11 Å². The maximum absolute atomic E-state index is 11.6. The van der Waals surface area contributed by atoms with Gasteiger partial charge in [-0.1, -0.05) is 36.4 Å². The molecular weight excluding hydrogens is 288 g/mol. The topological polar surface area (TPSA) is 35.5 Å². The molecule has 1 atom stereocenters. The number of carbonyl (C=O) groups excluding carboxylic acids is 1. The molecule has 3 rings (SSSR count). The molecule has 0 aromatic heterocycles. The van der Waals surface area contributed by atoms with Crippen LogP contribution in [0.3, 0.4) is 0 Å². The van der Waals surface area contributed by atoms with Gasteiger partial charge in [0.2, 0.25) is 0 Å². The number of benzene rings is 2. The fraction of sp³-hybridized carbons (Fsp3) is 0.350. The third kappa shape index (κ3) is 3.55. The second-order valence-corrected chi connectivity index (χ2v) is 5.96. The van der Waals surface area contributed by atoms with Crippen LogP contribution in [0.25, 0.3) is 0 Å². The minimum absolute atomic E-state index is 0.255. The van der Waals surface area contributed by atoms with Gasteiger partial charge in [0, 0.05) is 0 Å². The molecule has 23 heavy (non-hydrogen) atoms. The van der Waals surface area contributed by atoms with Crippen LogP contribution >= 0.6 is 0 Å². The van der Waals surface area contributed by atoms with E-state index in [1.165, 1.54) is 12.8 Å². The molecule has 120 valence electrons. The van der Waals surface area contributed by atoms with Crippen LogP contribution in [-0.2, 0) is 4.79 Å². The van der Waals surface area contributed by atoms with E-state index in [1.807, 2.05) is 48.5 Å². The van der Waals surface area contributed by atoms with Crippen molar-refractivity contribution in [3.05, 3.63) is 59.7 Å². The van der Waals surface area contributed by atoms with Gasteiger partial charge in [0.25, 0.3) is 0 Å². The summed E-state index contributed by atoms with van der Waals surface area (Å²) >= 11 is 0. The fourth-order valence-electron chi connectivity index (χ4n) is 3.17. The van der Waals surface area contributed by atoms with Crippen molar-refractivity contribution in [1.82, 2.24) is 0 Å². The van der Waals surface area contributed by atoms with Crippen molar-refractivity contribution in [2.45, 2.75) is 37.7 Å². The summed E-state index contributed by atoms with van der Waals surface area (Å²) in [7, 11) is 1.64. The highest BCUT2D eigenvalue weighted by molar-refractivity contribution is 5.69. The van der Waals surface area contributed by atoms with E-state index in [0.717, 1.165) is 41.8 Å². The van der Waals surface area contributed by atoms with E-state index < -0.39 is 0 Å². The zero-order valence-corrected chi connectivity index (χ0v) is 13.4. The molecule has 0 aliphatic heterocycles. The van der Waals surface area contributed by atoms with Crippen molar-refractivity contribution in [2.24, 2.45) is 0 Å². The standard InChI is InChI=1S/C20H22O3/c1-22-19-12-11-16(13-20(19)23-17-9-5-6-10-17)18(14-21)15-7-3-2-4-8-15/h2-4,7-8,11-14,17-18H,5-6,9-10H2,1H3. The lowest BCUT2D eigenvalue weighted by atomic mass is 9.92. The average molecular weight is 310 g/mol. The van der Waals surface area contributed by atoms with E-state index in [9.17, 15) is 4.79 Å². The van der Waals surface area contributed by atoms with E-state index in [0.29, 0.717) is 0 Å². The molecule has 0 amide bonds. The predicted molar refractivity (Wildman–Crippen MR) is 90.2 cm³/mol. The Balaban J connectivity index is 1.91. The summed E-state index contributed by atoms with van der Waals surface area (Å²) in [5.74, 6) is 1.17. The fourth-order valence-corrected chi connectivity index (χ4v) is 3.17. The summed E-state index contributed by atoms with van der Waals surface area (Å²) < 4.78 is 11.5. The van der Waals surface area contributed by atoms with Crippen molar-refractivity contribution in [3.8, 4) is 11.5 Å². The maximum Gasteiger partial charge on any atom is 0.161 e. The summed E-state index contributed by atoms with van der Waals surface area (Å²) in [6.45, 7) is 0. The van der Waals surface area contributed by atoms with Gasteiger partial charge < -0.3 is 14.3 Å². The van der Waals surface area contributed by atoms with Gasteiger partial charge in [-0.05, 0) is 48.9 Å². The van der Waals surface area contributed by atoms with Gasteiger partial charge in [0.15, 0.2) is 11.5 Å². The summed E-state index contributed by atoms with van der Waals surface area (Å²) in [6.07, 6.45) is 5.84. The number of hydrogen-bond acceptors (Lipinski definition) is 3. The molecule has 3 heteroatoms. The van der Waals surface area contributed by atoms with Gasteiger partial charge in [0.1, 0.15) is 6.29 Å². The second kappa shape index (κ2) is 7.32. The molecule has 1 aliphatic carbocycles. The molecule has 0 radical (unpaired) electrons. The molecule has 0 saturated heterocycles. The predicted octanol–water partition coefficient (Wildman–Crippen LogP) is 4.35. The molecule has 2 aromatic carbocycles. The van der Waals surface area contributed by atoms with Crippen molar-refractivity contribution in [2.75, 3.05) is 7.11 Å². The molecule has 0 heterocycles. The van der Waals surface area contributed by atoms with E-state index >= 15 is 0 Å². The first kappa shape index (κ1) is 15.6. The first-order chi connectivity index (χ1) is 11.3. The lowest BCUT2D eigenvalue weighted by Gasteiger charge is -2.18. The highest BCUT2D eigenvalue weighted by Gasteiger charge is 2.20. The van der Waals surface area contributed by atoms with Crippen LogP contribution in [0.1, 0.15) is 42.7 Å². The molecule has 1 fully saturated rings. The van der Waals surface area contributed by atoms with Crippen molar-refractivity contribution in [3.63, 3.8) is 0 Å². The molecule has 2 aromatic rings. The Bertz CT molecular complexity index is 645. The second-order valence-electron chi connectivity index (χ2n) is 5.96. The zero-order chi connectivity index (χ0) is 16.1. The van der Waals surface area contributed by atoms with Crippen LogP contribution in [0.15, 0.2) is 48.5 Å². The number of hydrogen-bond donors (Lipinski definition) is 0. The Kier molecular flexibility index (Phi) is 4.96. The van der Waals surface area contributed by atoms with E-state index in [-0.39, 0.29) is 12.0 Å². The van der Waals surface area contributed by atoms with Crippen LogP contribution in [-0.4, -0.2) is 19.5 Å². The molecule has 3 nitrogen and oxygen atoms in total. The molecule has 1 aliphatic rings. The smallest absolute Gasteiger partial charge is 0.161 e. The largest absolute Gasteiger partial charge is 0.493 e. The van der Waals surface area contributed by atoms with E-state index in [4.69, 9.17) is 9.47 Å². The maximum atomic E-state index is 11.6. The molecule has 0 N–H and O–H groups in total. The number of rotatable bonds is 6. The Morgan fingerprint density at radius 3 is 2.39 bits per heavy atom. The van der Waals surface area contributed by atoms with Gasteiger partial charge in [-0.25, -0.2) is 0 Å². The third-order valence-corrected chi connectivity index (χ3v) is 4.44. The van der Waals surface area contributed by atoms with Crippen molar-refractivity contribution >= 4 is 6.29 Å². The first-order valence-corrected chi connectivity index (χ1v) is 8.16. The normalized spacial score (nSPS) is 16.0. The summed E-state index contributed by atoms with van der Waals surface area (Å²) in [4.78, 5) is 11.6. The highest BCUT2D eigenvalue weighted by atomic mass is 16.5. The Morgan fingerprint density at radius 2 is 1.74 bits per heavy atom. The number of aldehydes is 1. The lowest BCUT2D eigenvalue weighted by Crippen LogP contribution is -2.12. The van der Waals surface area contributed by atoms with Gasteiger partial charge in [0.05, 0.1) is 19.1 Å². The van der Waals surface area contributed by atoms with Gasteiger partial charge >= 0.3 is 0 Å². The minimum atomic E-state index is -0.284. The zero-order valence-electron chi connectivity index (χ0n) is 13.4. The van der Waals surface area contributed by atoms with Crippen molar-refractivity contribution < 1.29 is 14.3 Å². The Labute approximate surface area is 137 Å². The summed E-state index contributed by atoms with van der Waals surface area (Å²) in [5.41, 5.74) is 1.92. The first-order valence-electron chi connectivity index (χ1n) is 8.16. The molecule has 0 bridgehead atoms. The van der Waals surface area contributed by atoms with Crippen LogP contribution in [0, 0.1) is 0 Å². The quantitative estimate of drug-likeness (QED) is 0.744. The van der Waals surface area contributed by atoms with Crippen LogP contribution in [0.2, 0.25) is 0 Å². The average Bonchev–Trinajstić information content (AvgIpc) is 3.10. The number of ether oxygens (including phenoxy) is 2. The van der Waals surface area contributed by atoms with Gasteiger partial charge in [-0.2, -0.15) is 0 Å². The van der Waals surface area contributed by atoms with Gasteiger partial charge in [-0.3, -0.25) is 0 Å². The summed E-state index contributed by atoms with van der Waals surface area (Å²) in [5, 5.41) is 0. The Hall–Kier alpha value is -2.29. The highest BCUT2D eigenvalue weighted by Crippen LogP contribution is 2.35. The summed E-state index contributed by atoms with van der Waals surface area (Å²) in [6, 6.07) is 15.6. The number of methoxy groups -OCH3 is 1. The molecular formula is C20H22O3. The molecule has 1 unspecified atom stereocenters. The lowest BCUT2D eigenvalue weighted by molar-refractivity contribution is -0.108. The third-order valence-electron chi connectivity index (χ3n) is 4.44. The minimum Gasteiger partial charge on any atom is -0.493 e. The van der Waals surface area contributed by atoms with Crippen LogP contribution < -0.4 is 9.47 Å². The number of carbonyl (C=O) groups is 1.